The number of carbonyl (C=O) groups is 1. The fourth-order valence-electron chi connectivity index (χ4n) is 3.06. The van der Waals surface area contributed by atoms with E-state index in [4.69, 9.17) is 0 Å². The van der Waals surface area contributed by atoms with E-state index in [1.165, 1.54) is 12.8 Å². The molecule has 1 aliphatic rings. The van der Waals surface area contributed by atoms with E-state index in [1.807, 2.05) is 33.2 Å². The molecular weight excluding hydrogens is 236 g/mol. The van der Waals surface area contributed by atoms with Crippen LogP contribution >= 0.6 is 0 Å². The van der Waals surface area contributed by atoms with Gasteiger partial charge in [-0.25, -0.2) is 0 Å². The van der Waals surface area contributed by atoms with Gasteiger partial charge in [0.15, 0.2) is 5.78 Å². The Balaban J connectivity index is 2.32. The maximum atomic E-state index is 12.9. The average molecular weight is 260 g/mol. The molecule has 1 aromatic rings. The Hall–Kier alpha value is -1.22. The summed E-state index contributed by atoms with van der Waals surface area (Å²) >= 11 is 0. The molecule has 1 heterocycles. The van der Waals surface area contributed by atoms with Gasteiger partial charge in [-0.2, -0.15) is 0 Å². The summed E-state index contributed by atoms with van der Waals surface area (Å²) in [4.78, 5) is 19.3. The molecular formula is C16H24N2O. The van der Waals surface area contributed by atoms with E-state index in [9.17, 15) is 4.79 Å². The first-order chi connectivity index (χ1) is 9.06. The number of aromatic nitrogens is 1. The van der Waals surface area contributed by atoms with Crippen LogP contribution in [0, 0.1) is 6.92 Å². The van der Waals surface area contributed by atoms with E-state index < -0.39 is 0 Å². The zero-order valence-corrected chi connectivity index (χ0v) is 12.3. The minimum absolute atomic E-state index is 0.243. The lowest BCUT2D eigenvalue weighted by molar-refractivity contribution is 0.0634. The average Bonchev–Trinajstić information content (AvgIpc) is 2.65. The van der Waals surface area contributed by atoms with Crippen molar-refractivity contribution >= 4 is 5.78 Å². The molecule has 0 aromatic carbocycles. The van der Waals surface area contributed by atoms with Gasteiger partial charge >= 0.3 is 0 Å². The van der Waals surface area contributed by atoms with Gasteiger partial charge in [0.05, 0.1) is 5.54 Å². The molecule has 2 rings (SSSR count). The van der Waals surface area contributed by atoms with Gasteiger partial charge in [0.2, 0.25) is 0 Å². The highest BCUT2D eigenvalue weighted by atomic mass is 16.1. The smallest absolute Gasteiger partial charge is 0.184 e. The summed E-state index contributed by atoms with van der Waals surface area (Å²) in [7, 11) is 4.07. The van der Waals surface area contributed by atoms with Crippen LogP contribution in [0.1, 0.15) is 54.6 Å². The number of likely N-dealkylation sites (N-methyl/N-ethyl adjacent to an activating group) is 1. The largest absolute Gasteiger partial charge is 0.297 e. The molecule has 0 amide bonds. The van der Waals surface area contributed by atoms with Crippen molar-refractivity contribution in [3.8, 4) is 0 Å². The third kappa shape index (κ3) is 2.86. The molecule has 0 spiro atoms. The zero-order chi connectivity index (χ0) is 13.9. The van der Waals surface area contributed by atoms with Gasteiger partial charge in [0.1, 0.15) is 0 Å². The molecule has 19 heavy (non-hydrogen) atoms. The van der Waals surface area contributed by atoms with Gasteiger partial charge in [0, 0.05) is 17.5 Å². The molecule has 0 bridgehead atoms. The van der Waals surface area contributed by atoms with Crippen LogP contribution in [0.5, 0.6) is 0 Å². The minimum Gasteiger partial charge on any atom is -0.297 e. The topological polar surface area (TPSA) is 33.2 Å². The highest BCUT2D eigenvalue weighted by molar-refractivity contribution is 6.03. The molecule has 104 valence electrons. The van der Waals surface area contributed by atoms with Gasteiger partial charge in [-0.05, 0) is 46.0 Å². The van der Waals surface area contributed by atoms with E-state index in [-0.39, 0.29) is 11.3 Å². The highest BCUT2D eigenvalue weighted by Crippen LogP contribution is 2.34. The lowest BCUT2D eigenvalue weighted by atomic mass is 9.82. The standard InChI is InChI=1S/C16H24N2O/c1-13-8-9-14(12-17-13)15(19)16(18(2)3)10-6-4-5-7-11-16/h8-9,12H,4-7,10-11H2,1-3H3. The van der Waals surface area contributed by atoms with E-state index in [0.717, 1.165) is 36.9 Å². The Morgan fingerprint density at radius 3 is 2.26 bits per heavy atom. The van der Waals surface area contributed by atoms with Crippen LogP contribution in [0.25, 0.3) is 0 Å². The normalized spacial score (nSPS) is 19.2. The maximum Gasteiger partial charge on any atom is 0.184 e. The summed E-state index contributed by atoms with van der Waals surface area (Å²) in [5.74, 6) is 0.243. The second-order valence-corrected chi connectivity index (χ2v) is 5.86. The van der Waals surface area contributed by atoms with E-state index in [2.05, 4.69) is 9.88 Å². The van der Waals surface area contributed by atoms with E-state index in [0.29, 0.717) is 0 Å². The maximum absolute atomic E-state index is 12.9. The van der Waals surface area contributed by atoms with Crippen molar-refractivity contribution in [1.82, 2.24) is 9.88 Å². The molecule has 0 radical (unpaired) electrons. The molecule has 3 heteroatoms. The van der Waals surface area contributed by atoms with Gasteiger partial charge < -0.3 is 0 Å². The third-order valence-electron chi connectivity index (χ3n) is 4.38. The van der Waals surface area contributed by atoms with Gasteiger partial charge in [0.25, 0.3) is 0 Å². The first-order valence-electron chi connectivity index (χ1n) is 7.21. The molecule has 1 saturated carbocycles. The quantitative estimate of drug-likeness (QED) is 0.618. The Morgan fingerprint density at radius 2 is 1.79 bits per heavy atom. The van der Waals surface area contributed by atoms with Crippen molar-refractivity contribution in [3.05, 3.63) is 29.6 Å². The molecule has 0 N–H and O–H groups in total. The second kappa shape index (κ2) is 5.83. The lowest BCUT2D eigenvalue weighted by Gasteiger charge is -2.38. The molecule has 3 nitrogen and oxygen atoms in total. The SMILES string of the molecule is Cc1ccc(C(=O)C2(N(C)C)CCCCCC2)cn1. The monoisotopic (exact) mass is 260 g/mol. The van der Waals surface area contributed by atoms with E-state index >= 15 is 0 Å². The van der Waals surface area contributed by atoms with Crippen LogP contribution in [0.3, 0.4) is 0 Å². The van der Waals surface area contributed by atoms with Crippen LogP contribution in [0.15, 0.2) is 18.3 Å². The molecule has 1 aliphatic carbocycles. The predicted molar refractivity (Wildman–Crippen MR) is 77.4 cm³/mol. The first kappa shape index (κ1) is 14.2. The zero-order valence-electron chi connectivity index (χ0n) is 12.3. The Bertz CT molecular complexity index is 429. The summed E-state index contributed by atoms with van der Waals surface area (Å²) in [5.41, 5.74) is 1.38. The van der Waals surface area contributed by atoms with Crippen LogP contribution < -0.4 is 0 Å². The van der Waals surface area contributed by atoms with Crippen LogP contribution in [-0.4, -0.2) is 35.3 Å². The number of Topliss-reactive ketones (excluding diaryl/α,β-unsaturated/α-hetero) is 1. The molecule has 0 saturated heterocycles. The highest BCUT2D eigenvalue weighted by Gasteiger charge is 2.40. The second-order valence-electron chi connectivity index (χ2n) is 5.86. The molecule has 0 aliphatic heterocycles. The fraction of sp³-hybridized carbons (Fsp3) is 0.625. The number of nitrogens with zero attached hydrogens (tertiary/aromatic N) is 2. The van der Waals surface area contributed by atoms with Crippen LogP contribution in [-0.2, 0) is 0 Å². The molecule has 1 aromatic heterocycles. The summed E-state index contributed by atoms with van der Waals surface area (Å²) in [6.07, 6.45) is 8.43. The Kier molecular flexibility index (Phi) is 4.35. The van der Waals surface area contributed by atoms with Crippen molar-refractivity contribution in [2.45, 2.75) is 51.0 Å². The molecule has 0 unspecified atom stereocenters. The predicted octanol–water partition coefficient (Wildman–Crippen LogP) is 3.23. The van der Waals surface area contributed by atoms with Gasteiger partial charge in [-0.3, -0.25) is 14.7 Å². The fourth-order valence-corrected chi connectivity index (χ4v) is 3.06. The summed E-state index contributed by atoms with van der Waals surface area (Å²) in [5, 5.41) is 0. The Labute approximate surface area is 116 Å². The number of pyridine rings is 1. The van der Waals surface area contributed by atoms with Crippen LogP contribution in [0.2, 0.25) is 0 Å². The number of aryl methyl sites for hydroxylation is 1. The first-order valence-corrected chi connectivity index (χ1v) is 7.21. The number of hydrogen-bond acceptors (Lipinski definition) is 3. The van der Waals surface area contributed by atoms with Crippen molar-refractivity contribution in [1.29, 1.82) is 0 Å². The van der Waals surface area contributed by atoms with Crippen molar-refractivity contribution in [3.63, 3.8) is 0 Å². The van der Waals surface area contributed by atoms with Crippen molar-refractivity contribution < 1.29 is 4.79 Å². The van der Waals surface area contributed by atoms with Gasteiger partial charge in [-0.15, -0.1) is 0 Å². The lowest BCUT2D eigenvalue weighted by Crippen LogP contribution is -2.50. The molecule has 0 atom stereocenters. The number of carbonyl (C=O) groups excluding carboxylic acids is 1. The number of hydrogen-bond donors (Lipinski definition) is 0. The molecule has 1 fully saturated rings. The van der Waals surface area contributed by atoms with Crippen molar-refractivity contribution in [2.24, 2.45) is 0 Å². The number of rotatable bonds is 3. The van der Waals surface area contributed by atoms with E-state index in [1.54, 1.807) is 6.20 Å². The van der Waals surface area contributed by atoms with Gasteiger partial charge in [-0.1, -0.05) is 25.7 Å². The van der Waals surface area contributed by atoms with Crippen molar-refractivity contribution in [2.75, 3.05) is 14.1 Å². The summed E-state index contributed by atoms with van der Waals surface area (Å²) in [6.45, 7) is 1.95. The summed E-state index contributed by atoms with van der Waals surface area (Å²) < 4.78 is 0. The Morgan fingerprint density at radius 1 is 1.16 bits per heavy atom. The van der Waals surface area contributed by atoms with Crippen LogP contribution in [0.4, 0.5) is 0 Å². The third-order valence-corrected chi connectivity index (χ3v) is 4.38. The summed E-state index contributed by atoms with van der Waals surface area (Å²) in [6, 6.07) is 3.84. The minimum atomic E-state index is -0.326. The number of ketones is 1.